The average molecular weight is 262 g/mol. The molecule has 0 unspecified atom stereocenters. The second-order valence-electron chi connectivity index (χ2n) is 5.27. The minimum atomic E-state index is -0.679. The maximum absolute atomic E-state index is 12.0. The summed E-state index contributed by atoms with van der Waals surface area (Å²) in [5.74, 6) is -0.799. The van der Waals surface area contributed by atoms with Gasteiger partial charge >= 0.3 is 0 Å². The fraction of sp³-hybridized carbons (Fsp3) is 0.571. The molecule has 5 heteroatoms. The summed E-state index contributed by atoms with van der Waals surface area (Å²) in [6, 6.07) is 5.60. The molecule has 2 fully saturated rings. The summed E-state index contributed by atoms with van der Waals surface area (Å²) in [5.41, 5.74) is 5.74. The van der Waals surface area contributed by atoms with Crippen LogP contribution in [0.5, 0.6) is 0 Å². The van der Waals surface area contributed by atoms with E-state index in [4.69, 9.17) is 15.2 Å². The van der Waals surface area contributed by atoms with Gasteiger partial charge in [0.05, 0.1) is 24.3 Å². The molecule has 1 aromatic rings. The summed E-state index contributed by atoms with van der Waals surface area (Å²) in [6.07, 6.45) is 4.32. The Balaban J connectivity index is 1.87. The largest absolute Gasteiger partial charge is 0.369 e. The quantitative estimate of drug-likeness (QED) is 0.866. The highest BCUT2D eigenvalue weighted by Gasteiger charge is 2.50. The molecule has 102 valence electrons. The highest BCUT2D eigenvalue weighted by Crippen LogP contribution is 2.45. The van der Waals surface area contributed by atoms with Crippen LogP contribution < -0.4 is 5.73 Å². The van der Waals surface area contributed by atoms with Gasteiger partial charge in [-0.05, 0) is 25.0 Å². The molecule has 2 aliphatic rings. The van der Waals surface area contributed by atoms with Gasteiger partial charge in [0, 0.05) is 19.0 Å². The molecule has 1 aromatic heterocycles. The number of carbonyl (C=O) groups excluding carboxylic acids is 1. The molecule has 19 heavy (non-hydrogen) atoms. The SMILES string of the molecule is NC(=O)C1(c2ccccn2)CCC2(CC1)OCCO2. The van der Waals surface area contributed by atoms with Gasteiger partial charge in [0.1, 0.15) is 0 Å². The summed E-state index contributed by atoms with van der Waals surface area (Å²) < 4.78 is 11.4. The van der Waals surface area contributed by atoms with Gasteiger partial charge in [-0.15, -0.1) is 0 Å². The Labute approximate surface area is 112 Å². The molecule has 1 aliphatic carbocycles. The van der Waals surface area contributed by atoms with E-state index in [1.54, 1.807) is 6.20 Å². The number of carbonyl (C=O) groups is 1. The van der Waals surface area contributed by atoms with Crippen LogP contribution in [0.25, 0.3) is 0 Å². The van der Waals surface area contributed by atoms with Crippen LogP contribution in [0.15, 0.2) is 24.4 Å². The van der Waals surface area contributed by atoms with Crippen molar-refractivity contribution in [3.05, 3.63) is 30.1 Å². The Morgan fingerprint density at radius 3 is 2.37 bits per heavy atom. The number of hydrogen-bond acceptors (Lipinski definition) is 4. The van der Waals surface area contributed by atoms with Crippen LogP contribution in [0, 0.1) is 0 Å². The molecule has 0 atom stereocenters. The molecule has 1 aliphatic heterocycles. The van der Waals surface area contributed by atoms with Crippen LogP contribution in [0.4, 0.5) is 0 Å². The molecule has 5 nitrogen and oxygen atoms in total. The highest BCUT2D eigenvalue weighted by atomic mass is 16.7. The van der Waals surface area contributed by atoms with E-state index in [1.807, 2.05) is 18.2 Å². The van der Waals surface area contributed by atoms with Crippen LogP contribution in [0.3, 0.4) is 0 Å². The zero-order valence-corrected chi connectivity index (χ0v) is 10.8. The van der Waals surface area contributed by atoms with E-state index in [0.717, 1.165) is 5.69 Å². The van der Waals surface area contributed by atoms with E-state index in [-0.39, 0.29) is 5.91 Å². The normalized spacial score (nSPS) is 24.4. The Kier molecular flexibility index (Phi) is 3.03. The lowest BCUT2D eigenvalue weighted by Gasteiger charge is -2.41. The number of rotatable bonds is 2. The van der Waals surface area contributed by atoms with Crippen molar-refractivity contribution in [1.29, 1.82) is 0 Å². The number of primary amides is 1. The summed E-state index contributed by atoms with van der Waals surface area (Å²) in [5, 5.41) is 0. The predicted octanol–water partition coefficient (Wildman–Crippen LogP) is 1.12. The van der Waals surface area contributed by atoms with E-state index >= 15 is 0 Å². The van der Waals surface area contributed by atoms with Gasteiger partial charge in [0.15, 0.2) is 5.79 Å². The van der Waals surface area contributed by atoms with Gasteiger partial charge in [-0.1, -0.05) is 6.07 Å². The number of ether oxygens (including phenoxy) is 2. The van der Waals surface area contributed by atoms with Crippen LogP contribution in [0.2, 0.25) is 0 Å². The smallest absolute Gasteiger partial charge is 0.229 e. The van der Waals surface area contributed by atoms with Crippen LogP contribution in [-0.4, -0.2) is 29.9 Å². The molecule has 0 bridgehead atoms. The number of pyridine rings is 1. The molecular formula is C14H18N2O3. The molecule has 2 heterocycles. The van der Waals surface area contributed by atoms with E-state index in [9.17, 15) is 4.79 Å². The lowest BCUT2D eigenvalue weighted by atomic mass is 9.69. The third-order valence-corrected chi connectivity index (χ3v) is 4.31. The number of nitrogens with two attached hydrogens (primary N) is 1. The van der Waals surface area contributed by atoms with Crippen LogP contribution in [0.1, 0.15) is 31.4 Å². The second-order valence-corrected chi connectivity index (χ2v) is 5.27. The molecule has 1 saturated carbocycles. The molecule has 1 spiro atoms. The molecule has 0 radical (unpaired) electrons. The zero-order chi connectivity index (χ0) is 13.3. The van der Waals surface area contributed by atoms with Crippen molar-refractivity contribution in [2.45, 2.75) is 36.9 Å². The van der Waals surface area contributed by atoms with Crippen molar-refractivity contribution in [3.8, 4) is 0 Å². The minimum absolute atomic E-state index is 0.306. The standard InChI is InChI=1S/C14H18N2O3/c15-12(17)13(11-3-1-2-8-16-11)4-6-14(7-5-13)18-9-10-19-14/h1-3,8H,4-7,9-10H2,(H2,15,17). The number of nitrogens with zero attached hydrogens (tertiary/aromatic N) is 1. The molecular weight excluding hydrogens is 244 g/mol. The zero-order valence-electron chi connectivity index (χ0n) is 10.8. The van der Waals surface area contributed by atoms with Gasteiger partial charge in [0.25, 0.3) is 0 Å². The first-order valence-corrected chi connectivity index (χ1v) is 6.66. The van der Waals surface area contributed by atoms with E-state index in [0.29, 0.717) is 38.9 Å². The van der Waals surface area contributed by atoms with Crippen molar-refractivity contribution in [2.75, 3.05) is 13.2 Å². The monoisotopic (exact) mass is 262 g/mol. The summed E-state index contributed by atoms with van der Waals surface area (Å²) in [7, 11) is 0. The summed E-state index contributed by atoms with van der Waals surface area (Å²) in [4.78, 5) is 16.3. The van der Waals surface area contributed by atoms with Crippen molar-refractivity contribution < 1.29 is 14.3 Å². The summed E-state index contributed by atoms with van der Waals surface area (Å²) in [6.45, 7) is 1.26. The first kappa shape index (κ1) is 12.6. The maximum Gasteiger partial charge on any atom is 0.229 e. The van der Waals surface area contributed by atoms with E-state index < -0.39 is 11.2 Å². The summed E-state index contributed by atoms with van der Waals surface area (Å²) >= 11 is 0. The molecule has 1 amide bonds. The van der Waals surface area contributed by atoms with Crippen LogP contribution in [-0.2, 0) is 19.7 Å². The Bertz CT molecular complexity index is 459. The lowest BCUT2D eigenvalue weighted by molar-refractivity contribution is -0.186. The van der Waals surface area contributed by atoms with Gasteiger partial charge in [0.2, 0.25) is 5.91 Å². The Morgan fingerprint density at radius 2 is 1.84 bits per heavy atom. The number of amides is 1. The third kappa shape index (κ3) is 2.03. The van der Waals surface area contributed by atoms with Gasteiger partial charge in [-0.3, -0.25) is 9.78 Å². The topological polar surface area (TPSA) is 74.4 Å². The predicted molar refractivity (Wildman–Crippen MR) is 68.2 cm³/mol. The van der Waals surface area contributed by atoms with Crippen molar-refractivity contribution in [1.82, 2.24) is 4.98 Å². The first-order valence-electron chi connectivity index (χ1n) is 6.66. The van der Waals surface area contributed by atoms with E-state index in [1.165, 1.54) is 0 Å². The minimum Gasteiger partial charge on any atom is -0.369 e. The fourth-order valence-electron chi connectivity index (χ4n) is 3.12. The maximum atomic E-state index is 12.0. The Hall–Kier alpha value is -1.46. The van der Waals surface area contributed by atoms with Gasteiger partial charge < -0.3 is 15.2 Å². The van der Waals surface area contributed by atoms with Crippen molar-refractivity contribution in [2.24, 2.45) is 5.73 Å². The lowest BCUT2D eigenvalue weighted by Crippen LogP contribution is -2.49. The molecule has 0 aromatic carbocycles. The average Bonchev–Trinajstić information content (AvgIpc) is 2.89. The second kappa shape index (κ2) is 4.58. The third-order valence-electron chi connectivity index (χ3n) is 4.31. The van der Waals surface area contributed by atoms with E-state index in [2.05, 4.69) is 4.98 Å². The van der Waals surface area contributed by atoms with Crippen molar-refractivity contribution >= 4 is 5.91 Å². The molecule has 1 saturated heterocycles. The number of aromatic nitrogens is 1. The molecule has 3 rings (SSSR count). The first-order chi connectivity index (χ1) is 9.17. The fourth-order valence-corrected chi connectivity index (χ4v) is 3.12. The van der Waals surface area contributed by atoms with Gasteiger partial charge in [-0.25, -0.2) is 0 Å². The molecule has 2 N–H and O–H groups in total. The van der Waals surface area contributed by atoms with Gasteiger partial charge in [-0.2, -0.15) is 0 Å². The Morgan fingerprint density at radius 1 is 1.16 bits per heavy atom. The van der Waals surface area contributed by atoms with Crippen LogP contribution >= 0.6 is 0 Å². The van der Waals surface area contributed by atoms with Crippen molar-refractivity contribution in [3.63, 3.8) is 0 Å². The number of hydrogen-bond donors (Lipinski definition) is 1. The highest BCUT2D eigenvalue weighted by molar-refractivity contribution is 5.86.